The molecule has 1 rings (SSSR count). The van der Waals surface area contributed by atoms with Crippen LogP contribution < -0.4 is 5.73 Å². The smallest absolute Gasteiger partial charge is 0.248 e. The van der Waals surface area contributed by atoms with Crippen LogP contribution in [-0.4, -0.2) is 51.4 Å². The van der Waals surface area contributed by atoms with E-state index in [0.29, 0.717) is 19.6 Å². The van der Waals surface area contributed by atoms with Crippen molar-refractivity contribution in [2.75, 3.05) is 39.5 Å². The van der Waals surface area contributed by atoms with Crippen LogP contribution in [0, 0.1) is 11.7 Å². The van der Waals surface area contributed by atoms with E-state index in [-0.39, 0.29) is 11.6 Å². The quantitative estimate of drug-likeness (QED) is 0.776. The zero-order valence-corrected chi connectivity index (χ0v) is 13.8. The average molecular weight is 317 g/mol. The molecule has 0 saturated heterocycles. The molecule has 120 valence electrons. The van der Waals surface area contributed by atoms with Crippen molar-refractivity contribution in [3.63, 3.8) is 0 Å². The molecule has 0 bridgehead atoms. The Labute approximate surface area is 126 Å². The fourth-order valence-electron chi connectivity index (χ4n) is 1.96. The van der Waals surface area contributed by atoms with Gasteiger partial charge in [-0.15, -0.1) is 0 Å². The predicted molar refractivity (Wildman–Crippen MR) is 83.0 cm³/mol. The standard InChI is InChI=1S/C14H24FN3O2S/c1-11(2)10-18(9-8-17(3)4)21(19,20)14-12(15)6-5-7-13(14)16/h5-7,11H,8-10,16H2,1-4H3. The summed E-state index contributed by atoms with van der Waals surface area (Å²) in [6, 6.07) is 3.91. The van der Waals surface area contributed by atoms with Crippen molar-refractivity contribution in [3.8, 4) is 0 Å². The third kappa shape index (κ3) is 4.66. The highest BCUT2D eigenvalue weighted by molar-refractivity contribution is 7.89. The Bertz CT molecular complexity index is 553. The molecule has 0 heterocycles. The van der Waals surface area contributed by atoms with Crippen molar-refractivity contribution < 1.29 is 12.8 Å². The molecule has 0 aromatic heterocycles. The molecule has 0 aliphatic rings. The molecule has 0 unspecified atom stereocenters. The molecule has 21 heavy (non-hydrogen) atoms. The Morgan fingerprint density at radius 1 is 1.24 bits per heavy atom. The molecular formula is C14H24FN3O2S. The number of likely N-dealkylation sites (N-methyl/N-ethyl adjacent to an activating group) is 1. The lowest BCUT2D eigenvalue weighted by Crippen LogP contribution is -2.39. The van der Waals surface area contributed by atoms with Crippen molar-refractivity contribution in [2.24, 2.45) is 5.92 Å². The van der Waals surface area contributed by atoms with Crippen LogP contribution in [0.1, 0.15) is 13.8 Å². The van der Waals surface area contributed by atoms with Gasteiger partial charge in [0, 0.05) is 19.6 Å². The van der Waals surface area contributed by atoms with Crippen molar-refractivity contribution in [3.05, 3.63) is 24.0 Å². The molecule has 0 spiro atoms. The van der Waals surface area contributed by atoms with E-state index in [1.54, 1.807) is 0 Å². The predicted octanol–water partition coefficient (Wildman–Crippen LogP) is 1.62. The van der Waals surface area contributed by atoms with E-state index < -0.39 is 20.7 Å². The monoisotopic (exact) mass is 317 g/mol. The second-order valence-corrected chi connectivity index (χ2v) is 7.59. The summed E-state index contributed by atoms with van der Waals surface area (Å²) in [5, 5.41) is 0. The van der Waals surface area contributed by atoms with Crippen LogP contribution in [0.25, 0.3) is 0 Å². The highest BCUT2D eigenvalue weighted by atomic mass is 32.2. The van der Waals surface area contributed by atoms with Gasteiger partial charge in [0.2, 0.25) is 10.0 Å². The van der Waals surface area contributed by atoms with Gasteiger partial charge in [-0.05, 0) is 32.1 Å². The number of nitrogen functional groups attached to an aromatic ring is 1. The van der Waals surface area contributed by atoms with Crippen LogP contribution in [0.2, 0.25) is 0 Å². The fourth-order valence-corrected chi connectivity index (χ4v) is 3.71. The minimum absolute atomic E-state index is 0.0615. The minimum atomic E-state index is -3.95. The Hall–Kier alpha value is -1.18. The van der Waals surface area contributed by atoms with Gasteiger partial charge in [-0.1, -0.05) is 19.9 Å². The van der Waals surface area contributed by atoms with E-state index in [1.807, 2.05) is 32.8 Å². The second-order valence-electron chi connectivity index (χ2n) is 5.72. The SMILES string of the molecule is CC(C)CN(CCN(C)C)S(=O)(=O)c1c(N)cccc1F. The third-order valence-corrected chi connectivity index (χ3v) is 4.92. The molecule has 1 aromatic rings. The van der Waals surface area contributed by atoms with E-state index in [4.69, 9.17) is 5.73 Å². The molecule has 1 aromatic carbocycles. The van der Waals surface area contributed by atoms with E-state index in [2.05, 4.69) is 0 Å². The molecular weight excluding hydrogens is 293 g/mol. The molecule has 0 saturated carbocycles. The van der Waals surface area contributed by atoms with Crippen LogP contribution in [0.5, 0.6) is 0 Å². The molecule has 0 radical (unpaired) electrons. The van der Waals surface area contributed by atoms with Gasteiger partial charge in [0.25, 0.3) is 0 Å². The lowest BCUT2D eigenvalue weighted by molar-refractivity contribution is 0.312. The molecule has 5 nitrogen and oxygen atoms in total. The van der Waals surface area contributed by atoms with Crippen molar-refractivity contribution in [1.29, 1.82) is 0 Å². The van der Waals surface area contributed by atoms with E-state index in [1.165, 1.54) is 16.4 Å². The number of nitrogens with zero attached hydrogens (tertiary/aromatic N) is 2. The topological polar surface area (TPSA) is 66.6 Å². The number of rotatable bonds is 7. The maximum Gasteiger partial charge on any atom is 0.248 e. The molecule has 0 amide bonds. The van der Waals surface area contributed by atoms with Gasteiger partial charge in [0.05, 0.1) is 5.69 Å². The molecule has 0 aliphatic heterocycles. The highest BCUT2D eigenvalue weighted by Crippen LogP contribution is 2.25. The second kappa shape index (κ2) is 7.20. The first-order chi connectivity index (χ1) is 9.66. The Balaban J connectivity index is 3.20. The Morgan fingerprint density at radius 2 is 1.86 bits per heavy atom. The van der Waals surface area contributed by atoms with E-state index >= 15 is 0 Å². The largest absolute Gasteiger partial charge is 0.398 e. The first kappa shape index (κ1) is 17.9. The van der Waals surface area contributed by atoms with Gasteiger partial charge in [-0.25, -0.2) is 12.8 Å². The van der Waals surface area contributed by atoms with Gasteiger partial charge in [0.1, 0.15) is 10.7 Å². The summed E-state index contributed by atoms with van der Waals surface area (Å²) in [5.74, 6) is -0.677. The number of hydrogen-bond donors (Lipinski definition) is 1. The molecule has 2 N–H and O–H groups in total. The number of benzene rings is 1. The van der Waals surface area contributed by atoms with Crippen LogP contribution in [-0.2, 0) is 10.0 Å². The number of halogens is 1. The summed E-state index contributed by atoms with van der Waals surface area (Å²) in [6.07, 6.45) is 0. The summed E-state index contributed by atoms with van der Waals surface area (Å²) >= 11 is 0. The summed E-state index contributed by atoms with van der Waals surface area (Å²) in [5.41, 5.74) is 5.61. The first-order valence-electron chi connectivity index (χ1n) is 6.85. The number of nitrogens with two attached hydrogens (primary N) is 1. The van der Waals surface area contributed by atoms with Crippen LogP contribution >= 0.6 is 0 Å². The maximum absolute atomic E-state index is 13.9. The molecule has 7 heteroatoms. The number of anilines is 1. The summed E-state index contributed by atoms with van der Waals surface area (Å²) in [4.78, 5) is 1.46. The molecule has 0 atom stereocenters. The van der Waals surface area contributed by atoms with Crippen LogP contribution in [0.4, 0.5) is 10.1 Å². The zero-order valence-electron chi connectivity index (χ0n) is 13.0. The van der Waals surface area contributed by atoms with Gasteiger partial charge in [-0.2, -0.15) is 4.31 Å². The average Bonchev–Trinajstić information content (AvgIpc) is 2.33. The lowest BCUT2D eigenvalue weighted by Gasteiger charge is -2.26. The zero-order chi connectivity index (χ0) is 16.2. The Morgan fingerprint density at radius 3 is 2.33 bits per heavy atom. The highest BCUT2D eigenvalue weighted by Gasteiger charge is 2.29. The van der Waals surface area contributed by atoms with E-state index in [9.17, 15) is 12.8 Å². The maximum atomic E-state index is 13.9. The first-order valence-corrected chi connectivity index (χ1v) is 8.29. The summed E-state index contributed by atoms with van der Waals surface area (Å²) in [6.45, 7) is 5.01. The number of sulfonamides is 1. The van der Waals surface area contributed by atoms with E-state index in [0.717, 1.165) is 6.07 Å². The van der Waals surface area contributed by atoms with Crippen molar-refractivity contribution in [2.45, 2.75) is 18.7 Å². The van der Waals surface area contributed by atoms with Crippen LogP contribution in [0.15, 0.2) is 23.1 Å². The lowest BCUT2D eigenvalue weighted by atomic mass is 10.2. The van der Waals surface area contributed by atoms with Crippen molar-refractivity contribution in [1.82, 2.24) is 9.21 Å². The summed E-state index contributed by atoms with van der Waals surface area (Å²) in [7, 11) is -0.229. The van der Waals surface area contributed by atoms with Crippen LogP contribution in [0.3, 0.4) is 0 Å². The Kier molecular flexibility index (Phi) is 6.12. The fraction of sp³-hybridized carbons (Fsp3) is 0.571. The molecule has 0 fully saturated rings. The minimum Gasteiger partial charge on any atom is -0.398 e. The normalized spacial score (nSPS) is 12.6. The van der Waals surface area contributed by atoms with Gasteiger partial charge in [0.15, 0.2) is 0 Å². The third-order valence-electron chi connectivity index (χ3n) is 2.96. The van der Waals surface area contributed by atoms with Crippen molar-refractivity contribution >= 4 is 15.7 Å². The number of hydrogen-bond acceptors (Lipinski definition) is 4. The van der Waals surface area contributed by atoms with Gasteiger partial charge in [-0.3, -0.25) is 0 Å². The summed E-state index contributed by atoms with van der Waals surface area (Å²) < 4.78 is 40.7. The van der Waals surface area contributed by atoms with Gasteiger partial charge < -0.3 is 10.6 Å². The van der Waals surface area contributed by atoms with Gasteiger partial charge >= 0.3 is 0 Å². The molecule has 0 aliphatic carbocycles.